The Morgan fingerprint density at radius 3 is 3.00 bits per heavy atom. The van der Waals surface area contributed by atoms with E-state index in [9.17, 15) is 4.79 Å². The summed E-state index contributed by atoms with van der Waals surface area (Å²) in [5.41, 5.74) is 2.48. The van der Waals surface area contributed by atoms with Crippen LogP contribution in [0.25, 0.3) is 5.69 Å². The molecule has 1 heterocycles. The van der Waals surface area contributed by atoms with Crippen molar-refractivity contribution in [2.24, 2.45) is 0 Å². The molecule has 1 N–H and O–H groups in total. The van der Waals surface area contributed by atoms with Gasteiger partial charge in [0.25, 0.3) is 0 Å². The van der Waals surface area contributed by atoms with Crippen molar-refractivity contribution in [2.75, 3.05) is 0 Å². The first-order valence-corrected chi connectivity index (χ1v) is 5.45. The fourth-order valence-electron chi connectivity index (χ4n) is 1.60. The van der Waals surface area contributed by atoms with Crippen molar-refractivity contribution in [3.8, 4) is 5.69 Å². The van der Waals surface area contributed by atoms with Gasteiger partial charge >= 0.3 is 5.97 Å². The average molecular weight is 251 g/mol. The van der Waals surface area contributed by atoms with Crippen LogP contribution in [0.2, 0.25) is 5.02 Å². The van der Waals surface area contributed by atoms with E-state index in [0.717, 1.165) is 11.3 Å². The number of rotatable bonds is 3. The fourth-order valence-corrected chi connectivity index (χ4v) is 1.77. The van der Waals surface area contributed by atoms with E-state index < -0.39 is 5.97 Å². The van der Waals surface area contributed by atoms with Gasteiger partial charge in [-0.25, -0.2) is 4.98 Å². The van der Waals surface area contributed by atoms with Gasteiger partial charge in [-0.05, 0) is 24.6 Å². The van der Waals surface area contributed by atoms with Crippen molar-refractivity contribution in [3.63, 3.8) is 0 Å². The van der Waals surface area contributed by atoms with E-state index in [2.05, 4.69) is 4.98 Å². The number of carbonyl (C=O) groups is 1. The largest absolute Gasteiger partial charge is 0.481 e. The Labute approximate surface area is 103 Å². The van der Waals surface area contributed by atoms with Gasteiger partial charge < -0.3 is 9.67 Å². The number of hydrogen-bond donors (Lipinski definition) is 1. The summed E-state index contributed by atoms with van der Waals surface area (Å²) in [6.07, 6.45) is 3.22. The van der Waals surface area contributed by atoms with Gasteiger partial charge in [-0.15, -0.1) is 0 Å². The highest BCUT2D eigenvalue weighted by Gasteiger charge is 2.07. The maximum Gasteiger partial charge on any atom is 0.309 e. The summed E-state index contributed by atoms with van der Waals surface area (Å²) in [6, 6.07) is 5.55. The highest BCUT2D eigenvalue weighted by Crippen LogP contribution is 2.19. The third kappa shape index (κ3) is 2.65. The molecule has 1 aromatic carbocycles. The maximum absolute atomic E-state index is 10.6. The number of carboxylic acid groups (broad SMARTS) is 1. The van der Waals surface area contributed by atoms with Crippen LogP contribution < -0.4 is 0 Å². The topological polar surface area (TPSA) is 55.1 Å². The van der Waals surface area contributed by atoms with Gasteiger partial charge in [0.05, 0.1) is 24.1 Å². The first-order valence-electron chi connectivity index (χ1n) is 5.07. The van der Waals surface area contributed by atoms with Crippen LogP contribution >= 0.6 is 11.6 Å². The Balaban J connectivity index is 2.36. The fraction of sp³-hybridized carbons (Fsp3) is 0.167. The van der Waals surface area contributed by atoms with Gasteiger partial charge in [0.2, 0.25) is 0 Å². The third-order valence-corrected chi connectivity index (χ3v) is 2.65. The number of aliphatic carboxylic acids is 1. The molecule has 5 heteroatoms. The predicted octanol–water partition coefficient (Wildman–Crippen LogP) is 2.46. The standard InChI is InChI=1S/C12H11ClN2O2/c1-8-2-3-9(13)4-11(8)15-6-10(14-7-15)5-12(16)17/h2-4,6-7H,5H2,1H3,(H,16,17). The summed E-state index contributed by atoms with van der Waals surface area (Å²) in [6.45, 7) is 1.96. The van der Waals surface area contributed by atoms with Crippen molar-refractivity contribution in [1.29, 1.82) is 0 Å². The Hall–Kier alpha value is -1.81. The highest BCUT2D eigenvalue weighted by atomic mass is 35.5. The van der Waals surface area contributed by atoms with E-state index in [1.54, 1.807) is 17.1 Å². The summed E-state index contributed by atoms with van der Waals surface area (Å²) < 4.78 is 1.78. The molecule has 2 rings (SSSR count). The van der Waals surface area contributed by atoms with E-state index in [0.29, 0.717) is 10.7 Å². The van der Waals surface area contributed by atoms with E-state index in [4.69, 9.17) is 16.7 Å². The maximum atomic E-state index is 10.6. The van der Waals surface area contributed by atoms with Crippen LogP contribution in [0.5, 0.6) is 0 Å². The number of aryl methyl sites for hydroxylation is 1. The number of benzene rings is 1. The smallest absolute Gasteiger partial charge is 0.309 e. The lowest BCUT2D eigenvalue weighted by Gasteiger charge is -2.06. The molecule has 0 atom stereocenters. The van der Waals surface area contributed by atoms with Gasteiger partial charge in [0, 0.05) is 11.2 Å². The molecule has 2 aromatic rings. The van der Waals surface area contributed by atoms with Gasteiger partial charge in [-0.1, -0.05) is 17.7 Å². The molecular formula is C12H11ClN2O2. The van der Waals surface area contributed by atoms with Crippen molar-refractivity contribution >= 4 is 17.6 Å². The second kappa shape index (κ2) is 4.59. The number of nitrogens with zero attached hydrogens (tertiary/aromatic N) is 2. The van der Waals surface area contributed by atoms with Crippen LogP contribution in [0.3, 0.4) is 0 Å². The van der Waals surface area contributed by atoms with Crippen molar-refractivity contribution < 1.29 is 9.90 Å². The van der Waals surface area contributed by atoms with Crippen LogP contribution in [0.4, 0.5) is 0 Å². The zero-order valence-electron chi connectivity index (χ0n) is 9.22. The highest BCUT2D eigenvalue weighted by molar-refractivity contribution is 6.30. The zero-order valence-corrected chi connectivity index (χ0v) is 9.98. The molecule has 0 aliphatic heterocycles. The number of aromatic nitrogens is 2. The van der Waals surface area contributed by atoms with Gasteiger partial charge in [-0.3, -0.25) is 4.79 Å². The molecule has 0 saturated carbocycles. The summed E-state index contributed by atoms with van der Waals surface area (Å²) in [4.78, 5) is 14.6. The molecule has 4 nitrogen and oxygen atoms in total. The summed E-state index contributed by atoms with van der Waals surface area (Å²) >= 11 is 5.93. The second-order valence-corrected chi connectivity index (χ2v) is 4.21. The van der Waals surface area contributed by atoms with Crippen LogP contribution in [0.1, 0.15) is 11.3 Å². The lowest BCUT2D eigenvalue weighted by molar-refractivity contribution is -0.136. The SMILES string of the molecule is Cc1ccc(Cl)cc1-n1cnc(CC(=O)O)c1. The monoisotopic (exact) mass is 250 g/mol. The number of imidazole rings is 1. The van der Waals surface area contributed by atoms with E-state index in [1.165, 1.54) is 0 Å². The minimum absolute atomic E-state index is 0.0768. The van der Waals surface area contributed by atoms with E-state index >= 15 is 0 Å². The molecule has 0 aliphatic carbocycles. The molecule has 88 valence electrons. The molecular weight excluding hydrogens is 240 g/mol. The van der Waals surface area contributed by atoms with Crippen LogP contribution in [0.15, 0.2) is 30.7 Å². The Bertz CT molecular complexity index is 563. The quantitative estimate of drug-likeness (QED) is 0.910. The number of halogens is 1. The van der Waals surface area contributed by atoms with Crippen molar-refractivity contribution in [3.05, 3.63) is 47.0 Å². The van der Waals surface area contributed by atoms with E-state index in [-0.39, 0.29) is 6.42 Å². The lowest BCUT2D eigenvalue weighted by Crippen LogP contribution is -2.00. The number of hydrogen-bond acceptors (Lipinski definition) is 2. The lowest BCUT2D eigenvalue weighted by atomic mass is 10.2. The normalized spacial score (nSPS) is 10.5. The molecule has 0 saturated heterocycles. The molecule has 0 radical (unpaired) electrons. The minimum Gasteiger partial charge on any atom is -0.481 e. The van der Waals surface area contributed by atoms with Crippen LogP contribution in [0, 0.1) is 6.92 Å². The minimum atomic E-state index is -0.891. The van der Waals surface area contributed by atoms with Crippen LogP contribution in [-0.4, -0.2) is 20.6 Å². The molecule has 0 aliphatic rings. The molecule has 0 amide bonds. The molecule has 17 heavy (non-hydrogen) atoms. The summed E-state index contributed by atoms with van der Waals surface area (Å²) in [5.74, 6) is -0.891. The second-order valence-electron chi connectivity index (χ2n) is 3.77. The van der Waals surface area contributed by atoms with Crippen molar-refractivity contribution in [2.45, 2.75) is 13.3 Å². The molecule has 0 fully saturated rings. The number of carboxylic acids is 1. The first-order chi connectivity index (χ1) is 8.06. The Morgan fingerprint density at radius 2 is 2.29 bits per heavy atom. The van der Waals surface area contributed by atoms with Crippen LogP contribution in [-0.2, 0) is 11.2 Å². The van der Waals surface area contributed by atoms with Gasteiger partial charge in [0.15, 0.2) is 0 Å². The third-order valence-electron chi connectivity index (χ3n) is 2.42. The van der Waals surface area contributed by atoms with Gasteiger partial charge in [-0.2, -0.15) is 0 Å². The average Bonchev–Trinajstić information content (AvgIpc) is 2.69. The molecule has 0 bridgehead atoms. The van der Waals surface area contributed by atoms with Gasteiger partial charge in [0.1, 0.15) is 0 Å². The summed E-state index contributed by atoms with van der Waals surface area (Å²) in [5, 5.41) is 9.31. The first kappa shape index (κ1) is 11.7. The van der Waals surface area contributed by atoms with E-state index in [1.807, 2.05) is 25.1 Å². The summed E-state index contributed by atoms with van der Waals surface area (Å²) in [7, 11) is 0. The molecule has 0 spiro atoms. The van der Waals surface area contributed by atoms with Crippen molar-refractivity contribution in [1.82, 2.24) is 9.55 Å². The Kier molecular flexibility index (Phi) is 3.15. The predicted molar refractivity (Wildman–Crippen MR) is 64.7 cm³/mol. The molecule has 0 unspecified atom stereocenters. The Morgan fingerprint density at radius 1 is 1.53 bits per heavy atom. The zero-order chi connectivity index (χ0) is 12.4. The molecule has 1 aromatic heterocycles.